The van der Waals surface area contributed by atoms with E-state index in [9.17, 15) is 15.2 Å². The smallest absolute Gasteiger partial charge is 0.229 e. The summed E-state index contributed by atoms with van der Waals surface area (Å²) in [5.74, 6) is 0.739. The summed E-state index contributed by atoms with van der Waals surface area (Å²) < 4.78 is 5.48. The van der Waals surface area contributed by atoms with E-state index in [4.69, 9.17) is 4.74 Å². The van der Waals surface area contributed by atoms with Crippen molar-refractivity contribution in [2.24, 2.45) is 0 Å². The molecule has 1 fully saturated rings. The first-order valence-corrected chi connectivity index (χ1v) is 10.4. The zero-order valence-corrected chi connectivity index (χ0v) is 16.9. The van der Waals surface area contributed by atoms with Crippen LogP contribution >= 0.6 is 11.8 Å². The minimum atomic E-state index is -0.339. The number of para-hydroxylation sites is 1. The molecule has 4 rings (SSSR count). The van der Waals surface area contributed by atoms with Crippen LogP contribution in [0.15, 0.2) is 59.1 Å². The van der Waals surface area contributed by atoms with Gasteiger partial charge in [-0.1, -0.05) is 36.0 Å². The zero-order chi connectivity index (χ0) is 20.4. The summed E-state index contributed by atoms with van der Waals surface area (Å²) in [6.07, 6.45) is 0.214. The number of thioether (sulfide) groups is 1. The quantitative estimate of drug-likeness (QED) is 0.825. The van der Waals surface area contributed by atoms with Crippen LogP contribution in [0.2, 0.25) is 0 Å². The van der Waals surface area contributed by atoms with Gasteiger partial charge >= 0.3 is 0 Å². The molecule has 1 N–H and O–H groups in total. The molecule has 0 spiro atoms. The Bertz CT molecular complexity index is 1000. The number of amides is 1. The number of carbonyl (C=O) groups excluding carboxylic acids is 1. The van der Waals surface area contributed by atoms with Crippen LogP contribution in [0.1, 0.15) is 24.8 Å². The topological polar surface area (TPSA) is 76.8 Å². The van der Waals surface area contributed by atoms with Gasteiger partial charge in [0.1, 0.15) is 0 Å². The van der Waals surface area contributed by atoms with Gasteiger partial charge in [-0.05, 0) is 36.8 Å². The van der Waals surface area contributed by atoms with E-state index in [0.29, 0.717) is 30.5 Å². The fourth-order valence-electron chi connectivity index (χ4n) is 3.67. The van der Waals surface area contributed by atoms with E-state index >= 15 is 0 Å². The van der Waals surface area contributed by atoms with Crippen LogP contribution in [-0.2, 0) is 4.79 Å². The molecule has 0 saturated carbocycles. The van der Waals surface area contributed by atoms with Gasteiger partial charge in [-0.2, -0.15) is 5.26 Å². The minimum Gasteiger partial charge on any atom is -0.504 e. The number of nitriles is 1. The van der Waals surface area contributed by atoms with Gasteiger partial charge in [0, 0.05) is 18.0 Å². The highest BCUT2D eigenvalue weighted by Crippen LogP contribution is 2.44. The second-order valence-electron chi connectivity index (χ2n) is 6.86. The van der Waals surface area contributed by atoms with Crippen LogP contribution in [0.4, 0.5) is 5.69 Å². The van der Waals surface area contributed by atoms with Gasteiger partial charge in [0.2, 0.25) is 5.91 Å². The minimum absolute atomic E-state index is 0.0110. The molecule has 2 heterocycles. The largest absolute Gasteiger partial charge is 0.504 e. The van der Waals surface area contributed by atoms with E-state index in [0.717, 1.165) is 16.3 Å². The van der Waals surface area contributed by atoms with E-state index in [1.807, 2.05) is 37.3 Å². The van der Waals surface area contributed by atoms with Crippen LogP contribution < -0.4 is 9.64 Å². The van der Waals surface area contributed by atoms with Gasteiger partial charge in [-0.15, -0.1) is 0 Å². The van der Waals surface area contributed by atoms with Crippen molar-refractivity contribution in [3.05, 3.63) is 64.7 Å². The lowest BCUT2D eigenvalue weighted by Gasteiger charge is -2.42. The number of rotatable bonds is 4. The van der Waals surface area contributed by atoms with Crippen molar-refractivity contribution in [1.29, 1.82) is 5.26 Å². The van der Waals surface area contributed by atoms with Crippen LogP contribution in [0.5, 0.6) is 11.5 Å². The lowest BCUT2D eigenvalue weighted by molar-refractivity contribution is -0.129. The summed E-state index contributed by atoms with van der Waals surface area (Å²) in [5, 5.41) is 20.6. The molecule has 0 bridgehead atoms. The van der Waals surface area contributed by atoms with Crippen LogP contribution in [0.25, 0.3) is 0 Å². The highest BCUT2D eigenvalue weighted by molar-refractivity contribution is 8.03. The third-order valence-corrected chi connectivity index (χ3v) is 6.26. The summed E-state index contributed by atoms with van der Waals surface area (Å²) >= 11 is 1.51. The Morgan fingerprint density at radius 2 is 2.07 bits per heavy atom. The van der Waals surface area contributed by atoms with Crippen molar-refractivity contribution in [2.75, 3.05) is 24.1 Å². The number of hydrogen-bond acceptors (Lipinski definition) is 6. The van der Waals surface area contributed by atoms with Gasteiger partial charge < -0.3 is 14.7 Å². The molecule has 1 saturated heterocycles. The number of ether oxygens (including phenoxy) is 1. The lowest BCUT2D eigenvalue weighted by Crippen LogP contribution is -2.47. The number of anilines is 1. The Morgan fingerprint density at radius 1 is 1.28 bits per heavy atom. The molecule has 148 valence electrons. The number of benzene rings is 2. The van der Waals surface area contributed by atoms with Crippen molar-refractivity contribution >= 4 is 23.4 Å². The highest BCUT2D eigenvalue weighted by Gasteiger charge is 2.38. The number of phenols is 1. The van der Waals surface area contributed by atoms with Crippen molar-refractivity contribution in [3.8, 4) is 17.6 Å². The van der Waals surface area contributed by atoms with E-state index in [1.165, 1.54) is 11.8 Å². The molecule has 6 nitrogen and oxygen atoms in total. The molecule has 7 heteroatoms. The molecule has 0 aliphatic carbocycles. The number of carbonyl (C=O) groups is 1. The molecule has 0 radical (unpaired) electrons. The molecule has 1 amide bonds. The highest BCUT2D eigenvalue weighted by atomic mass is 32.2. The normalized spacial score (nSPS) is 19.0. The third kappa shape index (κ3) is 3.64. The van der Waals surface area contributed by atoms with E-state index in [2.05, 4.69) is 11.0 Å². The van der Waals surface area contributed by atoms with Gasteiger partial charge in [0.05, 0.1) is 35.8 Å². The predicted octanol–water partition coefficient (Wildman–Crippen LogP) is 4.01. The predicted molar refractivity (Wildman–Crippen MR) is 112 cm³/mol. The molecular weight excluding hydrogens is 386 g/mol. The number of nitrogens with zero attached hydrogens (tertiary/aromatic N) is 3. The Kier molecular flexibility index (Phi) is 5.36. The molecule has 0 aromatic heterocycles. The number of hydrogen-bond donors (Lipinski definition) is 1. The van der Waals surface area contributed by atoms with Crippen LogP contribution in [0, 0.1) is 11.3 Å². The Balaban J connectivity index is 1.67. The maximum atomic E-state index is 13.0. The Hall–Kier alpha value is -3.11. The fraction of sp³-hybridized carbons (Fsp3) is 0.273. The third-order valence-electron chi connectivity index (χ3n) is 5.10. The SMILES string of the molecule is CCOc1cc([C@@H]2CC(=O)N3CN(c4ccccc4)CSC3=C2C#N)ccc1O. The summed E-state index contributed by atoms with van der Waals surface area (Å²) in [6.45, 7) is 2.70. The van der Waals surface area contributed by atoms with Crippen LogP contribution in [-0.4, -0.2) is 35.1 Å². The molecular formula is C22H21N3O3S. The van der Waals surface area contributed by atoms with Crippen LogP contribution in [0.3, 0.4) is 0 Å². The number of aromatic hydroxyl groups is 1. The summed E-state index contributed by atoms with van der Waals surface area (Å²) in [6, 6.07) is 17.3. The van der Waals surface area contributed by atoms with Gasteiger partial charge in [0.25, 0.3) is 0 Å². The molecule has 1 atom stereocenters. The van der Waals surface area contributed by atoms with Gasteiger partial charge in [-0.3, -0.25) is 9.69 Å². The number of allylic oxidation sites excluding steroid dienone is 1. The maximum absolute atomic E-state index is 13.0. The van der Waals surface area contributed by atoms with E-state index < -0.39 is 0 Å². The fourth-order valence-corrected chi connectivity index (χ4v) is 4.84. The van der Waals surface area contributed by atoms with Crippen molar-refractivity contribution in [2.45, 2.75) is 19.3 Å². The average molecular weight is 407 g/mol. The Morgan fingerprint density at radius 3 is 2.79 bits per heavy atom. The monoisotopic (exact) mass is 407 g/mol. The first-order chi connectivity index (χ1) is 14.1. The van der Waals surface area contributed by atoms with Crippen molar-refractivity contribution in [1.82, 2.24) is 4.90 Å². The summed E-state index contributed by atoms with van der Waals surface area (Å²) in [4.78, 5) is 16.8. The molecule has 29 heavy (non-hydrogen) atoms. The standard InChI is InChI=1S/C22H21N3O3S/c1-2-28-20-10-15(8-9-19(20)26)17-11-21(27)25-13-24(16-6-4-3-5-7-16)14-29-22(25)18(17)12-23/h3-10,17,26H,2,11,13-14H2,1H3/t17-/m0/s1. The first kappa shape index (κ1) is 19.2. The molecule has 2 aromatic carbocycles. The Labute approximate surface area is 174 Å². The van der Waals surface area contributed by atoms with E-state index in [-0.39, 0.29) is 24.0 Å². The molecule has 2 aromatic rings. The average Bonchev–Trinajstić information content (AvgIpc) is 2.76. The second-order valence-corrected chi connectivity index (χ2v) is 7.79. The molecule has 2 aliphatic rings. The van der Waals surface area contributed by atoms with E-state index in [1.54, 1.807) is 23.1 Å². The van der Waals surface area contributed by atoms with Gasteiger partial charge in [-0.25, -0.2) is 0 Å². The summed E-state index contributed by atoms with van der Waals surface area (Å²) in [5.41, 5.74) is 2.44. The maximum Gasteiger partial charge on any atom is 0.229 e. The number of fused-ring (bicyclic) bond motifs is 1. The second kappa shape index (κ2) is 8.10. The van der Waals surface area contributed by atoms with Gasteiger partial charge in [0.15, 0.2) is 11.5 Å². The van der Waals surface area contributed by atoms with Crippen molar-refractivity contribution in [3.63, 3.8) is 0 Å². The molecule has 0 unspecified atom stereocenters. The van der Waals surface area contributed by atoms with Crippen molar-refractivity contribution < 1.29 is 14.6 Å². The summed E-state index contributed by atoms with van der Waals surface area (Å²) in [7, 11) is 0. The first-order valence-electron chi connectivity index (χ1n) is 9.45. The molecule has 2 aliphatic heterocycles. The number of phenolic OH excluding ortho intramolecular Hbond substituents is 1. The zero-order valence-electron chi connectivity index (χ0n) is 16.0. The lowest BCUT2D eigenvalue weighted by atomic mass is 9.86.